The third kappa shape index (κ3) is 4.37. The number of sulfonamides is 1. The summed E-state index contributed by atoms with van der Waals surface area (Å²) in [6, 6.07) is 6.36. The highest BCUT2D eigenvalue weighted by Crippen LogP contribution is 2.21. The molecule has 2 N–H and O–H groups in total. The molecule has 1 rings (SSSR count). The minimum absolute atomic E-state index is 0.0526. The van der Waals surface area contributed by atoms with E-state index in [9.17, 15) is 8.42 Å². The Morgan fingerprint density at radius 2 is 1.95 bits per heavy atom. The van der Waals surface area contributed by atoms with Crippen molar-refractivity contribution in [2.24, 2.45) is 5.73 Å². The molecule has 7 heteroatoms. The SMILES string of the molecule is CSCC(C)N(C)S(=O)(=O)c1ccc(OCCN)cc1. The molecule has 0 bridgehead atoms. The third-order valence-electron chi connectivity index (χ3n) is 2.92. The van der Waals surface area contributed by atoms with Gasteiger partial charge in [0.05, 0.1) is 4.90 Å². The molecule has 0 fully saturated rings. The van der Waals surface area contributed by atoms with Crippen LogP contribution in [-0.4, -0.2) is 51.0 Å². The molecule has 1 aromatic carbocycles. The van der Waals surface area contributed by atoms with Gasteiger partial charge in [-0.3, -0.25) is 0 Å². The number of nitrogens with zero attached hydrogens (tertiary/aromatic N) is 1. The zero-order valence-corrected chi connectivity index (χ0v) is 13.7. The predicted molar refractivity (Wildman–Crippen MR) is 83.8 cm³/mol. The summed E-state index contributed by atoms with van der Waals surface area (Å²) in [6.45, 7) is 2.73. The number of ether oxygens (including phenoxy) is 1. The van der Waals surface area contributed by atoms with Gasteiger partial charge in [0.15, 0.2) is 0 Å². The van der Waals surface area contributed by atoms with E-state index in [-0.39, 0.29) is 10.9 Å². The lowest BCUT2D eigenvalue weighted by Crippen LogP contribution is -2.36. The van der Waals surface area contributed by atoms with Crippen molar-refractivity contribution in [2.45, 2.75) is 17.9 Å². The number of hydrogen-bond acceptors (Lipinski definition) is 5. The summed E-state index contributed by atoms with van der Waals surface area (Å²) >= 11 is 1.62. The molecule has 0 aliphatic carbocycles. The van der Waals surface area contributed by atoms with E-state index in [1.807, 2.05) is 13.2 Å². The zero-order chi connectivity index (χ0) is 15.2. The lowest BCUT2D eigenvalue weighted by molar-refractivity contribution is 0.328. The minimum Gasteiger partial charge on any atom is -0.492 e. The Hall–Kier alpha value is -0.760. The average Bonchev–Trinajstić information content (AvgIpc) is 2.45. The van der Waals surface area contributed by atoms with Gasteiger partial charge in [-0.1, -0.05) is 0 Å². The van der Waals surface area contributed by atoms with E-state index in [2.05, 4.69) is 0 Å². The second-order valence-corrected chi connectivity index (χ2v) is 7.34. The van der Waals surface area contributed by atoms with Crippen molar-refractivity contribution < 1.29 is 13.2 Å². The number of benzene rings is 1. The van der Waals surface area contributed by atoms with Crippen LogP contribution in [0, 0.1) is 0 Å². The highest BCUT2D eigenvalue weighted by atomic mass is 32.2. The number of nitrogens with two attached hydrogens (primary N) is 1. The van der Waals surface area contributed by atoms with Gasteiger partial charge in [0.25, 0.3) is 0 Å². The molecule has 0 spiro atoms. The first-order valence-corrected chi connectivity index (χ1v) is 9.16. The molecule has 20 heavy (non-hydrogen) atoms. The highest BCUT2D eigenvalue weighted by Gasteiger charge is 2.24. The molecule has 1 unspecified atom stereocenters. The van der Waals surface area contributed by atoms with Crippen molar-refractivity contribution in [1.82, 2.24) is 4.31 Å². The van der Waals surface area contributed by atoms with Gasteiger partial charge in [-0.2, -0.15) is 16.1 Å². The predicted octanol–water partition coefficient (Wildman–Crippen LogP) is 1.40. The van der Waals surface area contributed by atoms with Crippen LogP contribution in [0.25, 0.3) is 0 Å². The smallest absolute Gasteiger partial charge is 0.243 e. The molecule has 1 atom stereocenters. The van der Waals surface area contributed by atoms with Crippen LogP contribution in [0.1, 0.15) is 6.92 Å². The number of thioether (sulfide) groups is 1. The van der Waals surface area contributed by atoms with Crippen LogP contribution < -0.4 is 10.5 Å². The van der Waals surface area contributed by atoms with Crippen LogP contribution in [0.4, 0.5) is 0 Å². The fraction of sp³-hybridized carbons (Fsp3) is 0.538. The molecule has 0 aliphatic rings. The maximum absolute atomic E-state index is 12.4. The van der Waals surface area contributed by atoms with Crippen LogP contribution in [0.3, 0.4) is 0 Å². The summed E-state index contributed by atoms with van der Waals surface area (Å²) in [7, 11) is -1.85. The summed E-state index contributed by atoms with van der Waals surface area (Å²) in [5, 5.41) is 0. The van der Waals surface area contributed by atoms with Crippen LogP contribution in [-0.2, 0) is 10.0 Å². The second-order valence-electron chi connectivity index (χ2n) is 4.43. The minimum atomic E-state index is -3.46. The fourth-order valence-electron chi connectivity index (χ4n) is 1.63. The van der Waals surface area contributed by atoms with Gasteiger partial charge in [-0.15, -0.1) is 0 Å². The Balaban J connectivity index is 2.87. The van der Waals surface area contributed by atoms with E-state index in [4.69, 9.17) is 10.5 Å². The fourth-order valence-corrected chi connectivity index (χ4v) is 3.80. The van der Waals surface area contributed by atoms with Crippen LogP contribution >= 0.6 is 11.8 Å². The lowest BCUT2D eigenvalue weighted by Gasteiger charge is -2.23. The van der Waals surface area contributed by atoms with E-state index in [0.717, 1.165) is 5.75 Å². The zero-order valence-electron chi connectivity index (χ0n) is 12.1. The molecule has 0 saturated carbocycles. The molecule has 1 aromatic rings. The third-order valence-corrected chi connectivity index (χ3v) is 5.72. The second kappa shape index (κ2) is 7.87. The molecule has 0 radical (unpaired) electrons. The van der Waals surface area contributed by atoms with Crippen LogP contribution in [0.5, 0.6) is 5.75 Å². The van der Waals surface area contributed by atoms with E-state index >= 15 is 0 Å². The van der Waals surface area contributed by atoms with Gasteiger partial charge in [0.1, 0.15) is 12.4 Å². The molecular weight excluding hydrogens is 296 g/mol. The van der Waals surface area contributed by atoms with Crippen molar-refractivity contribution in [3.8, 4) is 5.75 Å². The number of rotatable bonds is 8. The van der Waals surface area contributed by atoms with E-state index in [1.54, 1.807) is 43.1 Å². The molecule has 0 amide bonds. The van der Waals surface area contributed by atoms with Gasteiger partial charge >= 0.3 is 0 Å². The first kappa shape index (κ1) is 17.3. The molecule has 0 aliphatic heterocycles. The van der Waals surface area contributed by atoms with Gasteiger partial charge in [0.2, 0.25) is 10.0 Å². The largest absolute Gasteiger partial charge is 0.492 e. The maximum atomic E-state index is 12.4. The maximum Gasteiger partial charge on any atom is 0.243 e. The van der Waals surface area contributed by atoms with E-state index < -0.39 is 10.0 Å². The van der Waals surface area contributed by atoms with Crippen molar-refractivity contribution in [3.05, 3.63) is 24.3 Å². The molecule has 5 nitrogen and oxygen atoms in total. The first-order chi connectivity index (χ1) is 9.43. The highest BCUT2D eigenvalue weighted by molar-refractivity contribution is 7.98. The van der Waals surface area contributed by atoms with Gasteiger partial charge < -0.3 is 10.5 Å². The monoisotopic (exact) mass is 318 g/mol. The lowest BCUT2D eigenvalue weighted by atomic mass is 10.3. The Kier molecular flexibility index (Phi) is 6.81. The van der Waals surface area contributed by atoms with E-state index in [0.29, 0.717) is 18.9 Å². The van der Waals surface area contributed by atoms with Gasteiger partial charge in [-0.05, 0) is 37.4 Å². The van der Waals surface area contributed by atoms with Gasteiger partial charge in [-0.25, -0.2) is 8.42 Å². The van der Waals surface area contributed by atoms with Crippen molar-refractivity contribution in [1.29, 1.82) is 0 Å². The standard InChI is InChI=1S/C13H22N2O3S2/c1-11(10-19-3)15(2)20(16,17)13-6-4-12(5-7-13)18-9-8-14/h4-7,11H,8-10,14H2,1-3H3. The molecular formula is C13H22N2O3S2. The van der Waals surface area contributed by atoms with Crippen molar-refractivity contribution in [2.75, 3.05) is 32.2 Å². The molecule has 0 heterocycles. The molecule has 0 saturated heterocycles. The summed E-state index contributed by atoms with van der Waals surface area (Å²) < 4.78 is 31.6. The summed E-state index contributed by atoms with van der Waals surface area (Å²) in [5.74, 6) is 1.38. The Bertz CT molecular complexity index is 503. The normalized spacial score (nSPS) is 13.4. The van der Waals surface area contributed by atoms with Gasteiger partial charge in [0, 0.05) is 25.4 Å². The van der Waals surface area contributed by atoms with Crippen molar-refractivity contribution in [3.63, 3.8) is 0 Å². The summed E-state index contributed by atoms with van der Waals surface area (Å²) in [4.78, 5) is 0.271. The average molecular weight is 318 g/mol. The Morgan fingerprint density at radius 1 is 1.35 bits per heavy atom. The quantitative estimate of drug-likeness (QED) is 0.784. The number of hydrogen-bond donors (Lipinski definition) is 1. The first-order valence-electron chi connectivity index (χ1n) is 6.33. The Labute approximate surface area is 125 Å². The summed E-state index contributed by atoms with van der Waals surface area (Å²) in [5.41, 5.74) is 5.35. The Morgan fingerprint density at radius 3 is 2.45 bits per heavy atom. The van der Waals surface area contributed by atoms with Crippen molar-refractivity contribution >= 4 is 21.8 Å². The topological polar surface area (TPSA) is 72.6 Å². The molecule has 0 aromatic heterocycles. The van der Waals surface area contributed by atoms with Crippen LogP contribution in [0.2, 0.25) is 0 Å². The van der Waals surface area contributed by atoms with Crippen LogP contribution in [0.15, 0.2) is 29.2 Å². The summed E-state index contributed by atoms with van der Waals surface area (Å²) in [6.07, 6.45) is 1.96. The van der Waals surface area contributed by atoms with E-state index in [1.165, 1.54) is 4.31 Å². The molecule has 114 valence electrons.